The van der Waals surface area contributed by atoms with Gasteiger partial charge in [-0.25, -0.2) is 4.98 Å². The molecule has 1 saturated carbocycles. The fourth-order valence-electron chi connectivity index (χ4n) is 6.17. The van der Waals surface area contributed by atoms with E-state index in [1.54, 1.807) is 6.07 Å². The van der Waals surface area contributed by atoms with Crippen LogP contribution in [0.25, 0.3) is 0 Å². The van der Waals surface area contributed by atoms with Gasteiger partial charge in [0.05, 0.1) is 12.7 Å². The highest BCUT2D eigenvalue weighted by molar-refractivity contribution is 7.98. The number of hydrogen-bond acceptors (Lipinski definition) is 6. The molecule has 1 N–H and O–H groups in total. The predicted octanol–water partition coefficient (Wildman–Crippen LogP) is 7.07. The Bertz CT molecular complexity index is 1220. The van der Waals surface area contributed by atoms with Crippen molar-refractivity contribution in [3.63, 3.8) is 0 Å². The summed E-state index contributed by atoms with van der Waals surface area (Å²) in [6.07, 6.45) is 9.92. The van der Waals surface area contributed by atoms with Gasteiger partial charge in [0.15, 0.2) is 11.6 Å². The van der Waals surface area contributed by atoms with E-state index in [2.05, 4.69) is 54.7 Å². The maximum Gasteiger partial charge on any atom is 0.279 e. The molecule has 2 bridgehead atoms. The van der Waals surface area contributed by atoms with Crippen molar-refractivity contribution in [1.29, 1.82) is 0 Å². The van der Waals surface area contributed by atoms with Gasteiger partial charge in [-0.2, -0.15) is 0 Å². The molecule has 1 fully saturated rings. The number of ether oxygens (including phenoxy) is 2. The number of pyridine rings is 1. The van der Waals surface area contributed by atoms with Crippen molar-refractivity contribution in [2.45, 2.75) is 70.1 Å². The normalized spacial score (nSPS) is 29.8. The fourth-order valence-corrected chi connectivity index (χ4v) is 7.11. The molecule has 0 spiro atoms. The van der Waals surface area contributed by atoms with Crippen LogP contribution < -0.4 is 14.4 Å². The maximum absolute atomic E-state index is 13.2. The highest BCUT2D eigenvalue weighted by Gasteiger charge is 2.39. The van der Waals surface area contributed by atoms with E-state index in [0.717, 1.165) is 61.8 Å². The Morgan fingerprint density at radius 1 is 1.20 bits per heavy atom. The number of fused-ring (bicyclic) bond motifs is 2. The first kappa shape index (κ1) is 29.3. The number of aryl methyl sites for hydroxylation is 1. The van der Waals surface area contributed by atoms with Crippen LogP contribution in [0, 0.1) is 17.8 Å². The molecule has 2 aliphatic heterocycles. The summed E-state index contributed by atoms with van der Waals surface area (Å²) in [5.41, 5.74) is 2.98. The van der Waals surface area contributed by atoms with Crippen molar-refractivity contribution in [3.8, 4) is 5.75 Å². The second-order valence-electron chi connectivity index (χ2n) is 11.6. The third-order valence-corrected chi connectivity index (χ3v) is 10.3. The van der Waals surface area contributed by atoms with Gasteiger partial charge in [0.2, 0.25) is 0 Å². The summed E-state index contributed by atoms with van der Waals surface area (Å²) in [7, 11) is 1.83. The zero-order chi connectivity index (χ0) is 28.2. The Labute approximate surface area is 248 Å². The molecule has 1 amide bonds. The molecule has 6 nitrogen and oxygen atoms in total. The molecular weight excluding hydrogens is 542 g/mol. The summed E-state index contributed by atoms with van der Waals surface area (Å²) in [5.74, 6) is 2.83. The Morgan fingerprint density at radius 2 is 2.05 bits per heavy atom. The quantitative estimate of drug-likeness (QED) is 0.307. The van der Waals surface area contributed by atoms with Crippen molar-refractivity contribution in [1.82, 2.24) is 9.71 Å². The number of nitrogens with zero attached hydrogens (tertiary/aromatic N) is 2. The highest BCUT2D eigenvalue weighted by Crippen LogP contribution is 2.42. The molecule has 1 aromatic heterocycles. The van der Waals surface area contributed by atoms with Crippen LogP contribution in [0.5, 0.6) is 5.75 Å². The third kappa shape index (κ3) is 6.47. The van der Waals surface area contributed by atoms with Crippen molar-refractivity contribution in [2.24, 2.45) is 17.8 Å². The van der Waals surface area contributed by atoms with Gasteiger partial charge in [0.1, 0.15) is 5.69 Å². The highest BCUT2D eigenvalue weighted by atomic mass is 35.5. The average molecular weight is 584 g/mol. The SMILES string of the molecule is CCCc1cc(Cl)ccc1C1COc2ccc3nc2N(C1)CC1CCC1C(OC)/C=C/CC(C)C(C)SNC3=O. The minimum atomic E-state index is -0.167. The Morgan fingerprint density at radius 3 is 2.80 bits per heavy atom. The number of methoxy groups -OCH3 is 1. The monoisotopic (exact) mass is 583 g/mol. The zero-order valence-corrected chi connectivity index (χ0v) is 25.6. The van der Waals surface area contributed by atoms with Gasteiger partial charge < -0.3 is 14.4 Å². The van der Waals surface area contributed by atoms with Crippen LogP contribution in [0.2, 0.25) is 5.02 Å². The Kier molecular flexibility index (Phi) is 9.64. The van der Waals surface area contributed by atoms with E-state index in [9.17, 15) is 4.79 Å². The molecule has 5 rings (SSSR count). The lowest BCUT2D eigenvalue weighted by molar-refractivity contribution is 0.0134. The van der Waals surface area contributed by atoms with Gasteiger partial charge in [-0.05, 0) is 90.8 Å². The van der Waals surface area contributed by atoms with Crippen LogP contribution in [0.3, 0.4) is 0 Å². The average Bonchev–Trinajstić information content (AvgIpc) is 3.12. The van der Waals surface area contributed by atoms with Gasteiger partial charge in [-0.3, -0.25) is 9.52 Å². The molecule has 6 unspecified atom stereocenters. The molecule has 2 aromatic rings. The minimum Gasteiger partial charge on any atom is -0.489 e. The van der Waals surface area contributed by atoms with Crippen molar-refractivity contribution in [3.05, 3.63) is 64.3 Å². The van der Waals surface area contributed by atoms with E-state index in [0.29, 0.717) is 30.1 Å². The summed E-state index contributed by atoms with van der Waals surface area (Å²) in [6.45, 7) is 8.75. The molecule has 40 heavy (non-hydrogen) atoms. The van der Waals surface area contributed by atoms with Gasteiger partial charge in [0.25, 0.3) is 5.91 Å². The number of benzene rings is 1. The van der Waals surface area contributed by atoms with Crippen LogP contribution in [0.1, 0.15) is 74.0 Å². The number of aromatic nitrogens is 1. The van der Waals surface area contributed by atoms with Gasteiger partial charge in [-0.1, -0.05) is 57.0 Å². The smallest absolute Gasteiger partial charge is 0.279 e. The van der Waals surface area contributed by atoms with Crippen LogP contribution in [0.4, 0.5) is 5.82 Å². The van der Waals surface area contributed by atoms with E-state index in [1.807, 2.05) is 19.2 Å². The van der Waals surface area contributed by atoms with E-state index >= 15 is 0 Å². The van der Waals surface area contributed by atoms with E-state index in [-0.39, 0.29) is 23.2 Å². The minimum absolute atomic E-state index is 0.103. The van der Waals surface area contributed by atoms with E-state index in [1.165, 1.54) is 23.1 Å². The molecular formula is C32H42ClN3O3S. The number of carbonyl (C=O) groups is 1. The zero-order valence-electron chi connectivity index (χ0n) is 24.1. The largest absolute Gasteiger partial charge is 0.489 e. The van der Waals surface area contributed by atoms with Crippen molar-refractivity contribution in [2.75, 3.05) is 31.7 Å². The molecule has 0 radical (unpaired) electrons. The molecule has 3 aliphatic rings. The second kappa shape index (κ2) is 13.2. The lowest BCUT2D eigenvalue weighted by Gasteiger charge is -2.43. The molecule has 3 heterocycles. The van der Waals surface area contributed by atoms with Crippen LogP contribution >= 0.6 is 23.5 Å². The summed E-state index contributed by atoms with van der Waals surface area (Å²) < 4.78 is 15.5. The number of nitrogens with one attached hydrogen (secondary N) is 1. The Balaban J connectivity index is 1.51. The number of carbonyl (C=O) groups excluding carboxylic acids is 1. The Hall–Kier alpha value is -2.22. The lowest BCUT2D eigenvalue weighted by Crippen LogP contribution is -2.44. The predicted molar refractivity (Wildman–Crippen MR) is 165 cm³/mol. The topological polar surface area (TPSA) is 63.7 Å². The number of rotatable bonds is 4. The molecule has 8 heteroatoms. The maximum atomic E-state index is 13.2. The van der Waals surface area contributed by atoms with Crippen LogP contribution in [-0.2, 0) is 11.2 Å². The molecule has 1 aliphatic carbocycles. The van der Waals surface area contributed by atoms with E-state index in [4.69, 9.17) is 26.1 Å². The molecule has 0 saturated heterocycles. The number of halogens is 1. The summed E-state index contributed by atoms with van der Waals surface area (Å²) in [5, 5.41) is 1.03. The number of anilines is 1. The number of allylic oxidation sites excluding steroid dienone is 1. The first-order chi connectivity index (χ1) is 19.4. The van der Waals surface area contributed by atoms with E-state index < -0.39 is 0 Å². The number of amides is 1. The lowest BCUT2D eigenvalue weighted by atomic mass is 9.70. The summed E-state index contributed by atoms with van der Waals surface area (Å²) in [4.78, 5) is 20.5. The molecule has 216 valence electrons. The fraction of sp³-hybridized carbons (Fsp3) is 0.562. The molecule has 6 atom stereocenters. The van der Waals surface area contributed by atoms with Gasteiger partial charge in [-0.15, -0.1) is 0 Å². The van der Waals surface area contributed by atoms with Crippen molar-refractivity contribution < 1.29 is 14.3 Å². The second-order valence-corrected chi connectivity index (χ2v) is 13.2. The first-order valence-corrected chi connectivity index (χ1v) is 16.0. The van der Waals surface area contributed by atoms with Gasteiger partial charge >= 0.3 is 0 Å². The van der Waals surface area contributed by atoms with Crippen molar-refractivity contribution >= 4 is 35.3 Å². The first-order valence-electron chi connectivity index (χ1n) is 14.7. The molecule has 1 aromatic carbocycles. The summed E-state index contributed by atoms with van der Waals surface area (Å²) >= 11 is 7.87. The van der Waals surface area contributed by atoms with Crippen LogP contribution in [-0.4, -0.2) is 49.1 Å². The summed E-state index contributed by atoms with van der Waals surface area (Å²) in [6, 6.07) is 9.95. The standard InChI is InChI=1S/C32H42ClN3O3S/c1-5-7-22-16-25(33)11-13-26(22)24-18-36-17-23-10-12-27(23)29(38-4)9-6-8-20(2)21(3)40-35-32(37)28-14-15-30(39-19-24)31(36)34-28/h6,9,11,13-16,20-21,23-24,27,29H,5,7-8,10,12,17-19H2,1-4H3,(H,35,37)/b9-6+. The van der Waals surface area contributed by atoms with Crippen LogP contribution in [0.15, 0.2) is 42.5 Å². The van der Waals surface area contributed by atoms with Gasteiger partial charge in [0, 0.05) is 36.4 Å². The third-order valence-electron chi connectivity index (χ3n) is 8.91. The number of hydrogen-bond donors (Lipinski definition) is 1.